The van der Waals surface area contributed by atoms with Gasteiger partial charge in [-0.1, -0.05) is 18.2 Å². The first kappa shape index (κ1) is 11.1. The van der Waals surface area contributed by atoms with Crippen molar-refractivity contribution in [2.24, 2.45) is 0 Å². The van der Waals surface area contributed by atoms with E-state index in [1.807, 2.05) is 0 Å². The van der Waals surface area contributed by atoms with Gasteiger partial charge in [0.25, 0.3) is 0 Å². The van der Waals surface area contributed by atoms with Crippen molar-refractivity contribution >= 4 is 13.3 Å². The lowest BCUT2D eigenvalue weighted by molar-refractivity contribution is 0.0572. The summed E-state index contributed by atoms with van der Waals surface area (Å²) >= 11 is 0. The van der Waals surface area contributed by atoms with E-state index in [0.29, 0.717) is 0 Å². The molecule has 0 atom stereocenters. The number of nitrogen functional groups attached to an aromatic ring is 1. The summed E-state index contributed by atoms with van der Waals surface area (Å²) in [5.41, 5.74) is -0.258. The molecule has 78 valence electrons. The summed E-state index contributed by atoms with van der Waals surface area (Å²) < 4.78 is 36.7. The second-order valence-electron chi connectivity index (χ2n) is 2.67. The number of anilines is 1. The van der Waals surface area contributed by atoms with Gasteiger partial charge in [0.05, 0.1) is 5.56 Å². The molecule has 0 unspecified atom stereocenters. The molecule has 4 N–H and O–H groups in total. The predicted molar refractivity (Wildman–Crippen MR) is 46.8 cm³/mol. The molecule has 0 heterocycles. The maximum absolute atomic E-state index is 13.1. The van der Waals surface area contributed by atoms with Crippen molar-refractivity contribution in [2.45, 2.75) is 5.66 Å². The van der Waals surface area contributed by atoms with Gasteiger partial charge in [0.2, 0.25) is 0 Å². The molecule has 0 bridgehead atoms. The molecule has 0 aliphatic rings. The van der Waals surface area contributed by atoms with Crippen molar-refractivity contribution in [1.29, 1.82) is 0 Å². The molecule has 1 rings (SSSR count). The first-order chi connectivity index (χ1) is 6.27. The van der Waals surface area contributed by atoms with Crippen LogP contribution in [0.2, 0.25) is 0 Å². The minimum atomic E-state index is -5.53. The lowest BCUT2D eigenvalue weighted by Crippen LogP contribution is -2.15. The Labute approximate surface area is 78.5 Å². The highest BCUT2D eigenvalue weighted by Gasteiger charge is 2.51. The largest absolute Gasteiger partial charge is 0.399 e. The van der Waals surface area contributed by atoms with Gasteiger partial charge in [-0.2, -0.15) is 8.78 Å². The Balaban J connectivity index is 3.31. The van der Waals surface area contributed by atoms with Crippen LogP contribution in [0.1, 0.15) is 5.56 Å². The van der Waals surface area contributed by atoms with Crippen molar-refractivity contribution in [2.75, 3.05) is 5.73 Å². The fourth-order valence-electron chi connectivity index (χ4n) is 0.928. The molecule has 0 aromatic heterocycles. The summed E-state index contributed by atoms with van der Waals surface area (Å²) in [6.07, 6.45) is 0. The lowest BCUT2D eigenvalue weighted by atomic mass is 10.2. The number of rotatable bonds is 2. The van der Waals surface area contributed by atoms with E-state index >= 15 is 0 Å². The van der Waals surface area contributed by atoms with E-state index in [9.17, 15) is 13.3 Å². The summed E-state index contributed by atoms with van der Waals surface area (Å²) in [5, 5.41) is 0. The minimum Gasteiger partial charge on any atom is -0.398 e. The summed E-state index contributed by atoms with van der Waals surface area (Å²) in [7, 11) is -5.53. The highest BCUT2D eigenvalue weighted by Crippen LogP contribution is 2.60. The average Bonchev–Trinajstić information content (AvgIpc) is 2.02. The van der Waals surface area contributed by atoms with Gasteiger partial charge in [-0.05, 0) is 6.07 Å². The van der Waals surface area contributed by atoms with E-state index in [4.69, 9.17) is 15.5 Å². The van der Waals surface area contributed by atoms with Crippen LogP contribution in [-0.4, -0.2) is 9.79 Å². The molecule has 1 aromatic rings. The highest BCUT2D eigenvalue weighted by molar-refractivity contribution is 7.52. The molecular weight excluding hydrogens is 215 g/mol. The van der Waals surface area contributed by atoms with Crippen LogP contribution < -0.4 is 5.73 Å². The third-order valence-corrected chi connectivity index (χ3v) is 2.62. The van der Waals surface area contributed by atoms with Gasteiger partial charge in [-0.15, -0.1) is 0 Å². The molecule has 4 nitrogen and oxygen atoms in total. The minimum absolute atomic E-state index is 0.346. The van der Waals surface area contributed by atoms with Gasteiger partial charge in [0.15, 0.2) is 0 Å². The second kappa shape index (κ2) is 3.31. The van der Waals surface area contributed by atoms with E-state index in [1.54, 1.807) is 0 Å². The van der Waals surface area contributed by atoms with Crippen LogP contribution >= 0.6 is 7.60 Å². The van der Waals surface area contributed by atoms with E-state index in [0.717, 1.165) is 12.1 Å². The second-order valence-corrected chi connectivity index (χ2v) is 4.32. The first-order valence-electron chi connectivity index (χ1n) is 3.55. The Bertz CT molecular complexity index is 390. The van der Waals surface area contributed by atoms with Crippen LogP contribution in [0, 0.1) is 0 Å². The number of hydrogen-bond acceptors (Lipinski definition) is 2. The van der Waals surface area contributed by atoms with Crippen molar-refractivity contribution in [1.82, 2.24) is 0 Å². The molecule has 0 saturated carbocycles. The molecule has 0 aliphatic carbocycles. The van der Waals surface area contributed by atoms with E-state index in [-0.39, 0.29) is 5.69 Å². The molecule has 0 saturated heterocycles. The molecule has 0 amide bonds. The number of benzene rings is 1. The van der Waals surface area contributed by atoms with Gasteiger partial charge >= 0.3 is 13.3 Å². The Kier molecular flexibility index (Phi) is 2.63. The number of hydrogen-bond donors (Lipinski definition) is 3. The SMILES string of the molecule is Nc1ccccc1C(F)(F)P(=O)(O)O. The average molecular weight is 223 g/mol. The molecule has 14 heavy (non-hydrogen) atoms. The lowest BCUT2D eigenvalue weighted by Gasteiger charge is -2.19. The molecule has 1 aromatic carbocycles. The fraction of sp³-hybridized carbons (Fsp3) is 0.143. The third-order valence-electron chi connectivity index (χ3n) is 1.65. The number of halogens is 2. The molecule has 0 aliphatic heterocycles. The zero-order valence-corrected chi connectivity index (χ0v) is 7.79. The molecule has 0 fully saturated rings. The number of nitrogens with two attached hydrogens (primary N) is 1. The Hall–Kier alpha value is -0.970. The molecule has 7 heteroatoms. The van der Waals surface area contributed by atoms with Gasteiger partial charge in [0.1, 0.15) is 0 Å². The number of para-hydroxylation sites is 1. The summed E-state index contributed by atoms with van der Waals surface area (Å²) in [5.74, 6) is 0. The maximum atomic E-state index is 13.1. The summed E-state index contributed by atoms with van der Waals surface area (Å²) in [6, 6.07) is 4.66. The van der Waals surface area contributed by atoms with Crippen LogP contribution in [0.15, 0.2) is 24.3 Å². The van der Waals surface area contributed by atoms with E-state index in [1.165, 1.54) is 12.1 Å². The Morgan fingerprint density at radius 1 is 1.29 bits per heavy atom. The smallest absolute Gasteiger partial charge is 0.398 e. The predicted octanol–water partition coefficient (Wildman–Crippen LogP) is 1.50. The normalized spacial score (nSPS) is 12.9. The van der Waals surface area contributed by atoms with Gasteiger partial charge < -0.3 is 15.5 Å². The topological polar surface area (TPSA) is 83.6 Å². The van der Waals surface area contributed by atoms with Crippen LogP contribution in [0.5, 0.6) is 0 Å². The van der Waals surface area contributed by atoms with Crippen LogP contribution in [-0.2, 0) is 10.2 Å². The standard InChI is InChI=1S/C7H8F2NO3P/c8-7(9,14(11,12)13)5-3-1-2-4-6(5)10/h1-4H,10H2,(H2,11,12,13). The van der Waals surface area contributed by atoms with E-state index < -0.39 is 18.8 Å². The van der Waals surface area contributed by atoms with Crippen LogP contribution in [0.3, 0.4) is 0 Å². The molecule has 0 radical (unpaired) electrons. The third kappa shape index (κ3) is 1.77. The Morgan fingerprint density at radius 2 is 1.79 bits per heavy atom. The quantitative estimate of drug-likeness (QED) is 0.524. The monoisotopic (exact) mass is 223 g/mol. The maximum Gasteiger partial charge on any atom is 0.399 e. The van der Waals surface area contributed by atoms with E-state index in [2.05, 4.69) is 0 Å². The number of alkyl halides is 2. The zero-order valence-electron chi connectivity index (χ0n) is 6.89. The van der Waals surface area contributed by atoms with Crippen molar-refractivity contribution < 1.29 is 23.1 Å². The molecular formula is C7H8F2NO3P. The van der Waals surface area contributed by atoms with Gasteiger partial charge in [-0.25, -0.2) is 0 Å². The summed E-state index contributed by atoms with van der Waals surface area (Å²) in [4.78, 5) is 16.9. The first-order valence-corrected chi connectivity index (χ1v) is 5.16. The zero-order chi connectivity index (χ0) is 11.0. The molecule has 0 spiro atoms. The van der Waals surface area contributed by atoms with Crippen LogP contribution in [0.25, 0.3) is 0 Å². The Morgan fingerprint density at radius 3 is 2.21 bits per heavy atom. The van der Waals surface area contributed by atoms with Crippen LogP contribution in [0.4, 0.5) is 14.5 Å². The highest BCUT2D eigenvalue weighted by atomic mass is 31.2. The van der Waals surface area contributed by atoms with Gasteiger partial charge in [-0.3, -0.25) is 4.57 Å². The summed E-state index contributed by atoms with van der Waals surface area (Å²) in [6.45, 7) is 0. The van der Waals surface area contributed by atoms with Crippen molar-refractivity contribution in [3.05, 3.63) is 29.8 Å². The van der Waals surface area contributed by atoms with Crippen molar-refractivity contribution in [3.8, 4) is 0 Å². The fourth-order valence-corrected chi connectivity index (χ4v) is 1.45. The van der Waals surface area contributed by atoms with Crippen molar-refractivity contribution in [3.63, 3.8) is 0 Å². The van der Waals surface area contributed by atoms with Gasteiger partial charge in [0, 0.05) is 5.69 Å².